The molecule has 0 aliphatic carbocycles. The molecule has 1 heterocycles. The molecule has 29 heavy (non-hydrogen) atoms. The van der Waals surface area contributed by atoms with Crippen molar-refractivity contribution in [2.75, 3.05) is 33.3 Å². The van der Waals surface area contributed by atoms with Crippen molar-refractivity contribution in [2.24, 2.45) is 0 Å². The number of ether oxygens (including phenoxy) is 3. The van der Waals surface area contributed by atoms with Gasteiger partial charge >= 0.3 is 0 Å². The molecule has 2 aromatic carbocycles. The van der Waals surface area contributed by atoms with Crippen LogP contribution in [0, 0.1) is 0 Å². The minimum absolute atomic E-state index is 0.117. The molecule has 0 saturated carbocycles. The van der Waals surface area contributed by atoms with Crippen molar-refractivity contribution in [1.29, 1.82) is 0 Å². The van der Waals surface area contributed by atoms with E-state index in [4.69, 9.17) is 14.2 Å². The van der Waals surface area contributed by atoms with Gasteiger partial charge in [0, 0.05) is 42.4 Å². The molecule has 3 aromatic rings. The van der Waals surface area contributed by atoms with Gasteiger partial charge in [0.25, 0.3) is 5.56 Å². The molecule has 0 radical (unpaired) electrons. The summed E-state index contributed by atoms with van der Waals surface area (Å²) in [6.45, 7) is 0.922. The highest BCUT2D eigenvalue weighted by atomic mass is 16.5. The summed E-state index contributed by atoms with van der Waals surface area (Å²) in [7, 11) is 4.72. The maximum absolute atomic E-state index is 12.7. The van der Waals surface area contributed by atoms with Crippen molar-refractivity contribution < 1.29 is 19.0 Å². The Hall–Kier alpha value is -3.32. The van der Waals surface area contributed by atoms with E-state index in [1.807, 2.05) is 6.07 Å². The van der Waals surface area contributed by atoms with Crippen LogP contribution in [0.15, 0.2) is 53.5 Å². The van der Waals surface area contributed by atoms with Crippen LogP contribution in [0.5, 0.6) is 11.5 Å². The molecule has 0 spiro atoms. The number of fused-ring (bicyclic) bond motifs is 1. The third-order valence-corrected chi connectivity index (χ3v) is 4.60. The van der Waals surface area contributed by atoms with Crippen LogP contribution in [-0.2, 0) is 22.5 Å². The molecule has 7 heteroatoms. The van der Waals surface area contributed by atoms with Crippen molar-refractivity contribution in [3.63, 3.8) is 0 Å². The molecule has 1 aromatic heterocycles. The van der Waals surface area contributed by atoms with Gasteiger partial charge in [0.1, 0.15) is 11.5 Å². The van der Waals surface area contributed by atoms with Crippen molar-refractivity contribution in [2.45, 2.75) is 13.0 Å². The largest absolute Gasteiger partial charge is 0.497 e. The second-order valence-corrected chi connectivity index (χ2v) is 6.52. The van der Waals surface area contributed by atoms with Gasteiger partial charge in [-0.05, 0) is 35.9 Å². The summed E-state index contributed by atoms with van der Waals surface area (Å²) in [6.07, 6.45) is 1.86. The number of carbonyl (C=O) groups excluding carboxylic acids is 1. The Balaban J connectivity index is 1.84. The number of amides is 1. The third-order valence-electron chi connectivity index (χ3n) is 4.60. The summed E-state index contributed by atoms with van der Waals surface area (Å²) in [6, 6.07) is 12.5. The zero-order valence-corrected chi connectivity index (χ0v) is 16.7. The topological polar surface area (TPSA) is 78.8 Å². The van der Waals surface area contributed by atoms with E-state index in [1.54, 1.807) is 68.5 Å². The van der Waals surface area contributed by atoms with Gasteiger partial charge in [-0.1, -0.05) is 6.07 Å². The lowest BCUT2D eigenvalue weighted by Crippen LogP contribution is -2.22. The number of methoxy groups -OCH3 is 3. The molecule has 152 valence electrons. The first-order chi connectivity index (χ1) is 14.0. The Bertz CT molecular complexity index is 1050. The number of hydrogen-bond donors (Lipinski definition) is 1. The molecular formula is C22H24N2O5. The average molecular weight is 396 g/mol. The minimum Gasteiger partial charge on any atom is -0.497 e. The van der Waals surface area contributed by atoms with Crippen LogP contribution in [0.2, 0.25) is 0 Å². The van der Waals surface area contributed by atoms with Crippen LogP contribution in [0.4, 0.5) is 5.69 Å². The summed E-state index contributed by atoms with van der Waals surface area (Å²) in [5, 5.41) is 4.15. The Morgan fingerprint density at radius 2 is 1.72 bits per heavy atom. The third kappa shape index (κ3) is 4.75. The standard InChI is InChI=1S/C22H24N2O5/c1-27-10-9-24-8-7-18-19(22(24)26)5-4-6-20(18)23-21(25)13-15-11-16(28-2)14-17(12-15)29-3/h4-8,11-12,14H,9-10,13H2,1-3H3,(H,23,25). The number of hydrogen-bond acceptors (Lipinski definition) is 5. The van der Waals surface area contributed by atoms with Crippen LogP contribution >= 0.6 is 0 Å². The molecule has 1 amide bonds. The Labute approximate surface area is 168 Å². The van der Waals surface area contributed by atoms with E-state index in [9.17, 15) is 9.59 Å². The number of nitrogens with one attached hydrogen (secondary N) is 1. The first kappa shape index (κ1) is 20.4. The smallest absolute Gasteiger partial charge is 0.258 e. The normalized spacial score (nSPS) is 10.7. The highest BCUT2D eigenvalue weighted by molar-refractivity contribution is 6.02. The van der Waals surface area contributed by atoms with Gasteiger partial charge in [0.05, 0.1) is 27.2 Å². The summed E-state index contributed by atoms with van der Waals surface area (Å²) in [4.78, 5) is 25.3. The van der Waals surface area contributed by atoms with Crippen molar-refractivity contribution in [3.8, 4) is 11.5 Å². The first-order valence-corrected chi connectivity index (χ1v) is 9.18. The van der Waals surface area contributed by atoms with Gasteiger partial charge in [-0.15, -0.1) is 0 Å². The molecule has 3 rings (SSSR count). The maximum Gasteiger partial charge on any atom is 0.258 e. The van der Waals surface area contributed by atoms with Crippen LogP contribution < -0.4 is 20.3 Å². The van der Waals surface area contributed by atoms with E-state index in [0.717, 1.165) is 5.56 Å². The van der Waals surface area contributed by atoms with E-state index in [-0.39, 0.29) is 17.9 Å². The molecule has 0 unspecified atom stereocenters. The highest BCUT2D eigenvalue weighted by Gasteiger charge is 2.11. The second-order valence-electron chi connectivity index (χ2n) is 6.52. The van der Waals surface area contributed by atoms with Crippen molar-refractivity contribution in [3.05, 3.63) is 64.6 Å². The molecule has 0 atom stereocenters. The van der Waals surface area contributed by atoms with Crippen LogP contribution in [0.3, 0.4) is 0 Å². The zero-order chi connectivity index (χ0) is 20.8. The number of pyridine rings is 1. The molecular weight excluding hydrogens is 372 g/mol. The van der Waals surface area contributed by atoms with E-state index >= 15 is 0 Å². The molecule has 7 nitrogen and oxygen atoms in total. The van der Waals surface area contributed by atoms with Crippen LogP contribution in [0.25, 0.3) is 10.8 Å². The molecule has 0 fully saturated rings. The predicted molar refractivity (Wildman–Crippen MR) is 112 cm³/mol. The Morgan fingerprint density at radius 1 is 1.00 bits per heavy atom. The number of aromatic nitrogens is 1. The first-order valence-electron chi connectivity index (χ1n) is 9.18. The molecule has 0 aliphatic heterocycles. The zero-order valence-electron chi connectivity index (χ0n) is 16.7. The van der Waals surface area contributed by atoms with Gasteiger partial charge < -0.3 is 24.1 Å². The summed E-state index contributed by atoms with van der Waals surface area (Å²) < 4.78 is 17.1. The van der Waals surface area contributed by atoms with E-state index in [2.05, 4.69) is 5.32 Å². The lowest BCUT2D eigenvalue weighted by molar-refractivity contribution is -0.115. The van der Waals surface area contributed by atoms with E-state index < -0.39 is 0 Å². The summed E-state index contributed by atoms with van der Waals surface area (Å²) >= 11 is 0. The fraction of sp³-hybridized carbons (Fsp3) is 0.273. The summed E-state index contributed by atoms with van der Waals surface area (Å²) in [5.41, 5.74) is 1.24. The number of nitrogens with zero attached hydrogens (tertiary/aromatic N) is 1. The number of benzene rings is 2. The SMILES string of the molecule is COCCn1ccc2c(NC(=O)Cc3cc(OC)cc(OC)c3)cccc2c1=O. The van der Waals surface area contributed by atoms with E-state index in [1.165, 1.54) is 0 Å². The Morgan fingerprint density at radius 3 is 2.38 bits per heavy atom. The molecule has 0 bridgehead atoms. The Kier molecular flexibility index (Phi) is 6.51. The maximum atomic E-state index is 12.7. The molecule has 1 N–H and O–H groups in total. The van der Waals surface area contributed by atoms with Gasteiger partial charge in [-0.2, -0.15) is 0 Å². The monoisotopic (exact) mass is 396 g/mol. The second kappa shape index (κ2) is 9.25. The van der Waals surface area contributed by atoms with Gasteiger partial charge in [0.15, 0.2) is 0 Å². The quantitative estimate of drug-likeness (QED) is 0.633. The molecule has 0 saturated heterocycles. The summed E-state index contributed by atoms with van der Waals surface area (Å²) in [5.74, 6) is 1.04. The molecule has 0 aliphatic rings. The van der Waals surface area contributed by atoms with Gasteiger partial charge in [0.2, 0.25) is 5.91 Å². The number of anilines is 1. The fourth-order valence-corrected chi connectivity index (χ4v) is 3.14. The van der Waals surface area contributed by atoms with Gasteiger partial charge in [-0.3, -0.25) is 9.59 Å². The van der Waals surface area contributed by atoms with Crippen molar-refractivity contribution in [1.82, 2.24) is 4.57 Å². The van der Waals surface area contributed by atoms with Gasteiger partial charge in [-0.25, -0.2) is 0 Å². The number of rotatable bonds is 8. The predicted octanol–water partition coefficient (Wildman–Crippen LogP) is 2.85. The highest BCUT2D eigenvalue weighted by Crippen LogP contribution is 2.24. The van der Waals surface area contributed by atoms with Crippen LogP contribution in [0.1, 0.15) is 5.56 Å². The average Bonchev–Trinajstić information content (AvgIpc) is 2.73. The number of carbonyl (C=O) groups is 1. The lowest BCUT2D eigenvalue weighted by atomic mass is 10.1. The minimum atomic E-state index is -0.198. The lowest BCUT2D eigenvalue weighted by Gasteiger charge is -2.12. The van der Waals surface area contributed by atoms with Crippen LogP contribution in [-0.4, -0.2) is 38.4 Å². The van der Waals surface area contributed by atoms with E-state index in [0.29, 0.717) is 41.1 Å². The fourth-order valence-electron chi connectivity index (χ4n) is 3.14. The van der Waals surface area contributed by atoms with Crippen molar-refractivity contribution >= 4 is 22.4 Å².